The van der Waals surface area contributed by atoms with Gasteiger partial charge in [-0.1, -0.05) is 13.0 Å². The number of piperidine rings is 1. The second kappa shape index (κ2) is 8.85. The molecule has 5 heteroatoms. The Morgan fingerprint density at radius 1 is 1.19 bits per heavy atom. The highest BCUT2D eigenvalue weighted by Crippen LogP contribution is 2.43. The molecule has 0 radical (unpaired) electrons. The number of anilines is 1. The predicted molar refractivity (Wildman–Crippen MR) is 109 cm³/mol. The van der Waals surface area contributed by atoms with Crippen molar-refractivity contribution in [2.24, 2.45) is 0 Å². The van der Waals surface area contributed by atoms with Gasteiger partial charge < -0.3 is 19.3 Å². The number of likely N-dealkylation sites (tertiary alicyclic amines) is 1. The van der Waals surface area contributed by atoms with Gasteiger partial charge in [0.1, 0.15) is 5.75 Å². The third-order valence-corrected chi connectivity index (χ3v) is 6.08. The molecule has 1 amide bonds. The lowest BCUT2D eigenvalue weighted by Crippen LogP contribution is -2.38. The van der Waals surface area contributed by atoms with Crippen LogP contribution in [0.1, 0.15) is 63.5 Å². The quantitative estimate of drug-likeness (QED) is 0.756. The summed E-state index contributed by atoms with van der Waals surface area (Å²) in [5.41, 5.74) is 4.06. The molecular weight excluding hydrogens is 340 g/mol. The van der Waals surface area contributed by atoms with Gasteiger partial charge in [0.15, 0.2) is 0 Å². The molecule has 0 spiro atoms. The molecule has 0 aromatic heterocycles. The Morgan fingerprint density at radius 2 is 1.93 bits per heavy atom. The summed E-state index contributed by atoms with van der Waals surface area (Å²) in [5.74, 6) is 1.56. The molecule has 2 aliphatic rings. The molecule has 27 heavy (non-hydrogen) atoms. The number of hydrogen-bond donors (Lipinski definition) is 0. The second-order valence-electron chi connectivity index (χ2n) is 7.74. The van der Waals surface area contributed by atoms with Gasteiger partial charge in [-0.2, -0.15) is 0 Å². The Hall–Kier alpha value is -1.91. The van der Waals surface area contributed by atoms with Gasteiger partial charge in [-0.15, -0.1) is 0 Å². The smallest absolute Gasteiger partial charge is 0.409 e. The largest absolute Gasteiger partial charge is 0.493 e. The zero-order valence-electron chi connectivity index (χ0n) is 17.3. The highest BCUT2D eigenvalue weighted by molar-refractivity contribution is 5.68. The van der Waals surface area contributed by atoms with Crippen LogP contribution >= 0.6 is 0 Å². The molecular formula is C22H34N2O3. The summed E-state index contributed by atoms with van der Waals surface area (Å²) in [6.45, 7) is 9.98. The van der Waals surface area contributed by atoms with E-state index in [1.54, 1.807) is 0 Å². The molecule has 5 nitrogen and oxygen atoms in total. The van der Waals surface area contributed by atoms with Crippen LogP contribution in [0.3, 0.4) is 0 Å². The summed E-state index contributed by atoms with van der Waals surface area (Å²) in [6, 6.07) is 5.16. The SMILES string of the molecule is CCCOc1c(C2CCN(C(=O)OC)CC2)ccc2c1CC[C@H](C)N2CC. The molecule has 0 unspecified atom stereocenters. The normalized spacial score (nSPS) is 20.4. The van der Waals surface area contributed by atoms with E-state index in [4.69, 9.17) is 9.47 Å². The number of ether oxygens (including phenoxy) is 2. The topological polar surface area (TPSA) is 42.0 Å². The standard InChI is InChI=1S/C22H34N2O3/c1-5-15-27-21-18(17-11-13-23(14-12-17)22(25)26-4)9-10-20-19(21)8-7-16(3)24(20)6-2/h9-10,16-17H,5-8,11-15H2,1-4H3/t16-/m0/s1. The molecule has 0 bridgehead atoms. The third-order valence-electron chi connectivity index (χ3n) is 6.08. The zero-order valence-corrected chi connectivity index (χ0v) is 17.3. The molecule has 1 aromatic carbocycles. The van der Waals surface area contributed by atoms with Crippen LogP contribution in [0.25, 0.3) is 0 Å². The van der Waals surface area contributed by atoms with E-state index in [2.05, 4.69) is 37.8 Å². The van der Waals surface area contributed by atoms with Crippen LogP contribution in [0, 0.1) is 0 Å². The summed E-state index contributed by atoms with van der Waals surface area (Å²) >= 11 is 0. The molecule has 1 aromatic rings. The zero-order chi connectivity index (χ0) is 19.4. The van der Waals surface area contributed by atoms with E-state index in [0.29, 0.717) is 12.0 Å². The summed E-state index contributed by atoms with van der Waals surface area (Å²) in [6.07, 6.45) is 4.98. The molecule has 0 saturated carbocycles. The minimum Gasteiger partial charge on any atom is -0.493 e. The van der Waals surface area contributed by atoms with Crippen molar-refractivity contribution in [1.29, 1.82) is 0 Å². The first-order valence-corrected chi connectivity index (χ1v) is 10.5. The molecule has 2 aliphatic heterocycles. The van der Waals surface area contributed by atoms with E-state index in [1.807, 2.05) is 4.90 Å². The van der Waals surface area contributed by atoms with E-state index in [-0.39, 0.29) is 6.09 Å². The molecule has 1 saturated heterocycles. The van der Waals surface area contributed by atoms with E-state index >= 15 is 0 Å². The lowest BCUT2D eigenvalue weighted by molar-refractivity contribution is 0.112. The van der Waals surface area contributed by atoms with Crippen LogP contribution in [0.5, 0.6) is 5.75 Å². The van der Waals surface area contributed by atoms with Crippen molar-refractivity contribution in [1.82, 2.24) is 4.90 Å². The van der Waals surface area contributed by atoms with Crippen LogP contribution < -0.4 is 9.64 Å². The summed E-state index contributed by atoms with van der Waals surface area (Å²) in [5, 5.41) is 0. The van der Waals surface area contributed by atoms with Gasteiger partial charge in [-0.3, -0.25) is 0 Å². The number of hydrogen-bond acceptors (Lipinski definition) is 4. The van der Waals surface area contributed by atoms with Crippen molar-refractivity contribution >= 4 is 11.8 Å². The van der Waals surface area contributed by atoms with Crippen LogP contribution in [-0.4, -0.2) is 50.4 Å². The number of carbonyl (C=O) groups is 1. The lowest BCUT2D eigenvalue weighted by Gasteiger charge is -2.38. The van der Waals surface area contributed by atoms with Gasteiger partial charge in [-0.05, 0) is 63.5 Å². The Kier molecular flexibility index (Phi) is 6.51. The van der Waals surface area contributed by atoms with Crippen molar-refractivity contribution in [3.8, 4) is 5.75 Å². The first-order chi connectivity index (χ1) is 13.1. The van der Waals surface area contributed by atoms with E-state index < -0.39 is 0 Å². The van der Waals surface area contributed by atoms with Crippen LogP contribution in [0.15, 0.2) is 12.1 Å². The first-order valence-electron chi connectivity index (χ1n) is 10.5. The highest BCUT2D eigenvalue weighted by Gasteiger charge is 2.30. The Labute approximate surface area is 163 Å². The van der Waals surface area contributed by atoms with E-state index in [9.17, 15) is 4.79 Å². The Bertz CT molecular complexity index is 653. The van der Waals surface area contributed by atoms with E-state index in [1.165, 1.54) is 30.3 Å². The van der Waals surface area contributed by atoms with Gasteiger partial charge >= 0.3 is 6.09 Å². The minimum absolute atomic E-state index is 0.214. The van der Waals surface area contributed by atoms with Crippen molar-refractivity contribution in [3.05, 3.63) is 23.3 Å². The average molecular weight is 375 g/mol. The van der Waals surface area contributed by atoms with Crippen molar-refractivity contribution in [2.45, 2.75) is 64.8 Å². The number of carbonyl (C=O) groups excluding carboxylic acids is 1. The van der Waals surface area contributed by atoms with Gasteiger partial charge in [0, 0.05) is 36.9 Å². The molecule has 150 valence electrons. The fourth-order valence-electron chi connectivity index (χ4n) is 4.57. The summed E-state index contributed by atoms with van der Waals surface area (Å²) in [7, 11) is 1.45. The van der Waals surface area contributed by atoms with Gasteiger partial charge in [0.05, 0.1) is 13.7 Å². The van der Waals surface area contributed by atoms with Crippen LogP contribution in [0.4, 0.5) is 10.5 Å². The number of nitrogens with zero attached hydrogens (tertiary/aromatic N) is 2. The van der Waals surface area contributed by atoms with Crippen molar-refractivity contribution < 1.29 is 14.3 Å². The fraction of sp³-hybridized carbons (Fsp3) is 0.682. The number of amides is 1. The highest BCUT2D eigenvalue weighted by atomic mass is 16.5. The lowest BCUT2D eigenvalue weighted by atomic mass is 9.85. The Balaban J connectivity index is 1.88. The molecule has 1 atom stereocenters. The second-order valence-corrected chi connectivity index (χ2v) is 7.74. The molecule has 3 rings (SSSR count). The van der Waals surface area contributed by atoms with Crippen molar-refractivity contribution in [3.63, 3.8) is 0 Å². The molecule has 0 aliphatic carbocycles. The summed E-state index contributed by atoms with van der Waals surface area (Å²) in [4.78, 5) is 16.1. The number of benzene rings is 1. The number of methoxy groups -OCH3 is 1. The molecule has 1 fully saturated rings. The number of fused-ring (bicyclic) bond motifs is 1. The molecule has 0 N–H and O–H groups in total. The monoisotopic (exact) mass is 374 g/mol. The first kappa shape index (κ1) is 19.8. The average Bonchev–Trinajstić information content (AvgIpc) is 2.71. The minimum atomic E-state index is -0.214. The van der Waals surface area contributed by atoms with Gasteiger partial charge in [0.25, 0.3) is 0 Å². The Morgan fingerprint density at radius 3 is 2.56 bits per heavy atom. The maximum absolute atomic E-state index is 11.8. The van der Waals surface area contributed by atoms with Crippen molar-refractivity contribution in [2.75, 3.05) is 38.3 Å². The maximum Gasteiger partial charge on any atom is 0.409 e. The van der Waals surface area contributed by atoms with Gasteiger partial charge in [0.2, 0.25) is 0 Å². The maximum atomic E-state index is 11.8. The third kappa shape index (κ3) is 4.02. The van der Waals surface area contributed by atoms with Crippen LogP contribution in [0.2, 0.25) is 0 Å². The van der Waals surface area contributed by atoms with Gasteiger partial charge in [-0.25, -0.2) is 4.79 Å². The predicted octanol–water partition coefficient (Wildman–Crippen LogP) is 4.58. The summed E-state index contributed by atoms with van der Waals surface area (Å²) < 4.78 is 11.2. The number of rotatable bonds is 5. The molecule has 2 heterocycles. The fourth-order valence-corrected chi connectivity index (χ4v) is 4.57. The van der Waals surface area contributed by atoms with E-state index in [0.717, 1.165) is 57.7 Å². The van der Waals surface area contributed by atoms with Crippen LogP contribution in [-0.2, 0) is 11.2 Å².